The molecule has 1 aromatic carbocycles. The number of carbonyl (C=O) groups excluding carboxylic acids is 1. The van der Waals surface area contributed by atoms with Crippen LogP contribution >= 0.6 is 11.6 Å². The fraction of sp³-hybridized carbons (Fsp3) is 0.400. The van der Waals surface area contributed by atoms with Crippen LogP contribution < -0.4 is 11.1 Å². The molecule has 1 aromatic heterocycles. The molecular weight excluding hydrogens is 292 g/mol. The molecule has 0 radical (unpaired) electrons. The summed E-state index contributed by atoms with van der Waals surface area (Å²) in [4.78, 5) is 11.9. The van der Waals surface area contributed by atoms with Gasteiger partial charge < -0.3 is 20.2 Å². The maximum absolute atomic E-state index is 11.9. The topological polar surface area (TPSA) is 77.5 Å². The number of nitrogens with two attached hydrogens (primary N) is 1. The monoisotopic (exact) mass is 310 g/mol. The van der Waals surface area contributed by atoms with Crippen LogP contribution in [0.2, 0.25) is 5.22 Å². The molecule has 0 aliphatic heterocycles. The number of alkyl carbamates (subject to hydrolysis) is 1. The summed E-state index contributed by atoms with van der Waals surface area (Å²) in [7, 11) is 0. The van der Waals surface area contributed by atoms with Gasteiger partial charge in [0.15, 0.2) is 5.22 Å². The molecule has 0 saturated carbocycles. The highest BCUT2D eigenvalue weighted by atomic mass is 35.5. The smallest absolute Gasteiger partial charge is 0.408 e. The fourth-order valence-electron chi connectivity index (χ4n) is 2.06. The summed E-state index contributed by atoms with van der Waals surface area (Å²) in [5.74, 6) is 0. The number of carbonyl (C=O) groups is 1. The number of hydrogen-bond acceptors (Lipinski definition) is 4. The first-order valence-corrected chi connectivity index (χ1v) is 7.06. The van der Waals surface area contributed by atoms with Crippen LogP contribution in [0.3, 0.4) is 0 Å². The second-order valence-electron chi connectivity index (χ2n) is 5.72. The first kappa shape index (κ1) is 15.7. The van der Waals surface area contributed by atoms with E-state index < -0.39 is 17.7 Å². The Balaban J connectivity index is 2.28. The number of benzene rings is 1. The molecule has 0 bridgehead atoms. The Morgan fingerprint density at radius 2 is 2.10 bits per heavy atom. The van der Waals surface area contributed by atoms with Crippen LogP contribution in [0.5, 0.6) is 0 Å². The lowest BCUT2D eigenvalue weighted by atomic mass is 10.1. The molecule has 0 saturated heterocycles. The van der Waals surface area contributed by atoms with Gasteiger partial charge in [-0.1, -0.05) is 18.2 Å². The molecule has 5 nitrogen and oxygen atoms in total. The van der Waals surface area contributed by atoms with Gasteiger partial charge in [0, 0.05) is 17.5 Å². The van der Waals surface area contributed by atoms with Crippen LogP contribution in [0, 0.1) is 0 Å². The molecule has 0 spiro atoms. The maximum atomic E-state index is 11.9. The average Bonchev–Trinajstić information content (AvgIpc) is 2.70. The lowest BCUT2D eigenvalue weighted by molar-refractivity contribution is 0.0505. The SMILES string of the molecule is CC(C)(C)OC(=O)NC(CN)c1c(Cl)oc2ccccc12. The predicted molar refractivity (Wildman–Crippen MR) is 82.4 cm³/mol. The van der Waals surface area contributed by atoms with Gasteiger partial charge in [-0.25, -0.2) is 4.79 Å². The summed E-state index contributed by atoms with van der Waals surface area (Å²) in [5.41, 5.74) is 6.51. The standard InChI is InChI=1S/C15H19ClN2O3/c1-15(2,3)21-14(19)18-10(8-17)12-9-6-4-5-7-11(9)20-13(12)16/h4-7,10H,8,17H2,1-3H3,(H,18,19). The normalized spacial score (nSPS) is 13.2. The molecule has 1 atom stereocenters. The minimum absolute atomic E-state index is 0.183. The van der Waals surface area contributed by atoms with E-state index in [1.807, 2.05) is 24.3 Å². The summed E-state index contributed by atoms with van der Waals surface area (Å²) in [6.07, 6.45) is -0.542. The number of halogens is 1. The second-order valence-corrected chi connectivity index (χ2v) is 6.06. The van der Waals surface area contributed by atoms with Crippen LogP contribution in [0.4, 0.5) is 4.79 Å². The molecule has 21 heavy (non-hydrogen) atoms. The molecule has 0 fully saturated rings. The van der Waals surface area contributed by atoms with Gasteiger partial charge in [-0.15, -0.1) is 0 Å². The van der Waals surface area contributed by atoms with E-state index in [1.165, 1.54) is 0 Å². The molecule has 1 amide bonds. The van der Waals surface area contributed by atoms with Gasteiger partial charge in [0.1, 0.15) is 11.2 Å². The molecule has 0 aliphatic rings. The Morgan fingerprint density at radius 1 is 1.43 bits per heavy atom. The number of rotatable bonds is 3. The molecule has 3 N–H and O–H groups in total. The Labute approximate surface area is 128 Å². The van der Waals surface area contributed by atoms with Gasteiger partial charge in [-0.2, -0.15) is 0 Å². The molecule has 2 rings (SSSR count). The van der Waals surface area contributed by atoms with Crippen molar-refractivity contribution in [1.82, 2.24) is 5.32 Å². The number of hydrogen-bond donors (Lipinski definition) is 2. The summed E-state index contributed by atoms with van der Waals surface area (Å²) in [5, 5.41) is 3.78. The second kappa shape index (κ2) is 5.95. The highest BCUT2D eigenvalue weighted by Gasteiger charge is 2.24. The van der Waals surface area contributed by atoms with Crippen LogP contribution in [-0.4, -0.2) is 18.2 Å². The van der Waals surface area contributed by atoms with Crippen molar-refractivity contribution in [2.24, 2.45) is 5.73 Å². The van der Waals surface area contributed by atoms with Crippen LogP contribution in [-0.2, 0) is 4.74 Å². The third kappa shape index (κ3) is 3.68. The Kier molecular flexibility index (Phi) is 4.44. The third-order valence-corrected chi connectivity index (χ3v) is 3.14. The third-order valence-electron chi connectivity index (χ3n) is 2.86. The van der Waals surface area contributed by atoms with Crippen molar-refractivity contribution >= 4 is 28.7 Å². The van der Waals surface area contributed by atoms with Crippen molar-refractivity contribution in [3.05, 3.63) is 35.0 Å². The largest absolute Gasteiger partial charge is 0.444 e. The van der Waals surface area contributed by atoms with Crippen LogP contribution in [0.15, 0.2) is 28.7 Å². The quantitative estimate of drug-likeness (QED) is 0.907. The lowest BCUT2D eigenvalue weighted by Gasteiger charge is -2.22. The first-order valence-electron chi connectivity index (χ1n) is 6.68. The summed E-state index contributed by atoms with van der Waals surface area (Å²) < 4.78 is 10.7. The number of furan rings is 1. The number of amides is 1. The van der Waals surface area contributed by atoms with E-state index >= 15 is 0 Å². The Bertz CT molecular complexity index is 646. The highest BCUT2D eigenvalue weighted by molar-refractivity contribution is 6.31. The van der Waals surface area contributed by atoms with Gasteiger partial charge in [0.25, 0.3) is 0 Å². The molecule has 114 valence electrons. The lowest BCUT2D eigenvalue weighted by Crippen LogP contribution is -2.37. The predicted octanol–water partition coefficient (Wildman–Crippen LogP) is 3.61. The van der Waals surface area contributed by atoms with Crippen molar-refractivity contribution in [1.29, 1.82) is 0 Å². The summed E-state index contributed by atoms with van der Waals surface area (Å²) in [6, 6.07) is 6.94. The summed E-state index contributed by atoms with van der Waals surface area (Å²) >= 11 is 6.14. The Morgan fingerprint density at radius 3 is 2.71 bits per heavy atom. The summed E-state index contributed by atoms with van der Waals surface area (Å²) in [6.45, 7) is 5.57. The van der Waals surface area contributed by atoms with Gasteiger partial charge >= 0.3 is 6.09 Å². The van der Waals surface area contributed by atoms with Gasteiger partial charge in [-0.05, 0) is 38.4 Å². The fourth-order valence-corrected chi connectivity index (χ4v) is 2.38. The van der Waals surface area contributed by atoms with E-state index in [0.717, 1.165) is 5.39 Å². The Hall–Kier alpha value is -1.72. The minimum atomic E-state index is -0.578. The van der Waals surface area contributed by atoms with Crippen molar-refractivity contribution in [2.75, 3.05) is 6.54 Å². The molecule has 0 aliphatic carbocycles. The number of ether oxygens (including phenoxy) is 1. The maximum Gasteiger partial charge on any atom is 0.408 e. The minimum Gasteiger partial charge on any atom is -0.444 e. The van der Waals surface area contributed by atoms with Crippen LogP contribution in [0.1, 0.15) is 32.4 Å². The number of nitrogens with one attached hydrogen (secondary N) is 1. The van der Waals surface area contributed by atoms with E-state index in [1.54, 1.807) is 20.8 Å². The zero-order valence-corrected chi connectivity index (χ0v) is 13.0. The number of para-hydroxylation sites is 1. The van der Waals surface area contributed by atoms with Gasteiger partial charge in [0.2, 0.25) is 0 Å². The highest BCUT2D eigenvalue weighted by Crippen LogP contribution is 2.34. The van der Waals surface area contributed by atoms with E-state index in [0.29, 0.717) is 11.1 Å². The van der Waals surface area contributed by atoms with Crippen molar-refractivity contribution < 1.29 is 13.9 Å². The molecule has 6 heteroatoms. The van der Waals surface area contributed by atoms with E-state index in [9.17, 15) is 4.79 Å². The number of fused-ring (bicyclic) bond motifs is 1. The molecule has 1 heterocycles. The zero-order chi connectivity index (χ0) is 15.6. The molecule has 1 unspecified atom stereocenters. The van der Waals surface area contributed by atoms with Crippen LogP contribution in [0.25, 0.3) is 11.0 Å². The van der Waals surface area contributed by atoms with Gasteiger partial charge in [0.05, 0.1) is 6.04 Å². The average molecular weight is 311 g/mol. The molecular formula is C15H19ClN2O3. The van der Waals surface area contributed by atoms with Crippen molar-refractivity contribution in [3.63, 3.8) is 0 Å². The van der Waals surface area contributed by atoms with E-state index in [2.05, 4.69) is 5.32 Å². The van der Waals surface area contributed by atoms with Crippen molar-refractivity contribution in [2.45, 2.75) is 32.4 Å². The van der Waals surface area contributed by atoms with E-state index in [-0.39, 0.29) is 11.8 Å². The van der Waals surface area contributed by atoms with Crippen molar-refractivity contribution in [3.8, 4) is 0 Å². The first-order chi connectivity index (χ1) is 9.81. The molecule has 2 aromatic rings. The van der Waals surface area contributed by atoms with Gasteiger partial charge in [-0.3, -0.25) is 0 Å². The van der Waals surface area contributed by atoms with E-state index in [4.69, 9.17) is 26.5 Å². The zero-order valence-electron chi connectivity index (χ0n) is 12.3.